The van der Waals surface area contributed by atoms with E-state index in [1.54, 1.807) is 24.3 Å². The average Bonchev–Trinajstić information content (AvgIpc) is 2.94. The minimum atomic E-state index is -4.89. The molecule has 0 aliphatic rings. The number of alkyl halides is 3. The Morgan fingerprint density at radius 3 is 2.42 bits per heavy atom. The van der Waals surface area contributed by atoms with Gasteiger partial charge in [0, 0.05) is 23.3 Å². The van der Waals surface area contributed by atoms with Gasteiger partial charge >= 0.3 is 12.5 Å². The fourth-order valence-electron chi connectivity index (χ4n) is 3.01. The minimum Gasteiger partial charge on any atom is -0.441 e. The molecular formula is C21H17BrF4N2O3. The number of hydrogen-bond donors (Lipinski definition) is 1. The molecule has 1 N–H and O–H groups in total. The van der Waals surface area contributed by atoms with Crippen molar-refractivity contribution in [2.45, 2.75) is 19.4 Å². The highest BCUT2D eigenvalue weighted by Crippen LogP contribution is 2.34. The first-order valence-electron chi connectivity index (χ1n) is 8.98. The van der Waals surface area contributed by atoms with Gasteiger partial charge in [0.1, 0.15) is 17.7 Å². The lowest BCUT2D eigenvalue weighted by Gasteiger charge is -2.19. The molecule has 1 atom stereocenters. The van der Waals surface area contributed by atoms with Crippen LogP contribution in [0.4, 0.5) is 28.2 Å². The third-order valence-electron chi connectivity index (χ3n) is 4.36. The lowest BCUT2D eigenvalue weighted by atomic mass is 10.1. The molecule has 1 amide bonds. The predicted octanol–water partition coefficient (Wildman–Crippen LogP) is 6.80. The zero-order chi connectivity index (χ0) is 22.8. The molecule has 3 rings (SSSR count). The maximum atomic E-state index is 14.5. The summed E-state index contributed by atoms with van der Waals surface area (Å²) in [6.07, 6.45) is -5.73. The van der Waals surface area contributed by atoms with E-state index in [2.05, 4.69) is 26.0 Å². The topological polar surface area (TPSA) is 52.5 Å². The highest BCUT2D eigenvalue weighted by Gasteiger charge is 2.33. The van der Waals surface area contributed by atoms with E-state index in [1.165, 1.54) is 42.9 Å². The van der Waals surface area contributed by atoms with Crippen molar-refractivity contribution in [3.63, 3.8) is 0 Å². The first-order valence-corrected chi connectivity index (χ1v) is 9.77. The number of benzene rings is 2. The van der Waals surface area contributed by atoms with Gasteiger partial charge in [-0.15, -0.1) is 13.2 Å². The molecule has 0 spiro atoms. The van der Waals surface area contributed by atoms with Crippen LogP contribution < -0.4 is 10.1 Å². The molecule has 0 aliphatic heterocycles. The molecule has 0 fully saturated rings. The van der Waals surface area contributed by atoms with Crippen molar-refractivity contribution in [3.05, 3.63) is 70.6 Å². The number of hydrogen-bond acceptors (Lipinski definition) is 3. The molecule has 1 unspecified atom stereocenters. The maximum Gasteiger partial charge on any atom is 0.573 e. The lowest BCUT2D eigenvalue weighted by molar-refractivity contribution is -0.275. The molecule has 3 aromatic rings. The van der Waals surface area contributed by atoms with Crippen LogP contribution in [-0.4, -0.2) is 17.0 Å². The summed E-state index contributed by atoms with van der Waals surface area (Å²) < 4.78 is 63.8. The number of ether oxygens (including phenoxy) is 2. The van der Waals surface area contributed by atoms with E-state index < -0.39 is 30.1 Å². The van der Waals surface area contributed by atoms with Gasteiger partial charge in [0.05, 0.1) is 5.56 Å². The normalized spacial score (nSPS) is 12.4. The van der Waals surface area contributed by atoms with Crippen molar-refractivity contribution >= 4 is 27.8 Å². The summed E-state index contributed by atoms with van der Waals surface area (Å²) in [5.41, 5.74) is 0.704. The first-order chi connectivity index (χ1) is 14.5. The number of carbonyl (C=O) groups excluding carboxylic acids is 1. The number of nitrogens with one attached hydrogen (secondary N) is 1. The molecule has 0 aliphatic carbocycles. The quantitative estimate of drug-likeness (QED) is 0.392. The van der Waals surface area contributed by atoms with Crippen LogP contribution in [0.3, 0.4) is 0 Å². The predicted molar refractivity (Wildman–Crippen MR) is 110 cm³/mol. The number of carbonyl (C=O) groups is 1. The first kappa shape index (κ1) is 22.7. The van der Waals surface area contributed by atoms with E-state index in [4.69, 9.17) is 4.74 Å². The molecule has 0 bridgehead atoms. The van der Waals surface area contributed by atoms with Crippen LogP contribution in [0.1, 0.15) is 18.6 Å². The van der Waals surface area contributed by atoms with Crippen LogP contribution in [0.25, 0.3) is 11.1 Å². The number of rotatable bonds is 5. The van der Waals surface area contributed by atoms with Gasteiger partial charge < -0.3 is 14.0 Å². The Bertz CT molecular complexity index is 1080. The van der Waals surface area contributed by atoms with Crippen LogP contribution >= 0.6 is 15.9 Å². The Kier molecular flexibility index (Phi) is 6.59. The summed E-state index contributed by atoms with van der Waals surface area (Å²) in [6, 6.07) is 12.1. The third-order valence-corrected chi connectivity index (χ3v) is 4.88. The van der Waals surface area contributed by atoms with E-state index in [9.17, 15) is 22.4 Å². The van der Waals surface area contributed by atoms with E-state index in [0.29, 0.717) is 5.56 Å². The average molecular weight is 501 g/mol. The molecule has 1 heterocycles. The highest BCUT2D eigenvalue weighted by atomic mass is 79.9. The summed E-state index contributed by atoms with van der Waals surface area (Å²) >= 11 is 3.30. The summed E-state index contributed by atoms with van der Waals surface area (Å²) in [5, 5.41) is 2.47. The van der Waals surface area contributed by atoms with Gasteiger partial charge in [0.2, 0.25) is 0 Å². The molecule has 1 aromatic heterocycles. The van der Waals surface area contributed by atoms with Gasteiger partial charge in [0.15, 0.2) is 5.82 Å². The minimum absolute atomic E-state index is 0.0289. The zero-order valence-electron chi connectivity index (χ0n) is 16.3. The third kappa shape index (κ3) is 5.57. The van der Waals surface area contributed by atoms with Gasteiger partial charge in [-0.1, -0.05) is 46.3 Å². The van der Waals surface area contributed by atoms with Crippen LogP contribution in [0.2, 0.25) is 0 Å². The van der Waals surface area contributed by atoms with E-state index >= 15 is 0 Å². The number of halogens is 5. The number of anilines is 1. The summed E-state index contributed by atoms with van der Waals surface area (Å²) in [4.78, 5) is 12.5. The fourth-order valence-corrected chi connectivity index (χ4v) is 3.28. The van der Waals surface area contributed by atoms with Crippen molar-refractivity contribution in [1.82, 2.24) is 4.57 Å². The number of aromatic nitrogens is 1. The Morgan fingerprint density at radius 1 is 1.13 bits per heavy atom. The molecule has 164 valence electrons. The van der Waals surface area contributed by atoms with Crippen molar-refractivity contribution in [2.75, 3.05) is 5.32 Å². The Hall–Kier alpha value is -3.01. The molecule has 0 radical (unpaired) electrons. The largest absolute Gasteiger partial charge is 0.573 e. The van der Waals surface area contributed by atoms with Gasteiger partial charge in [-0.25, -0.2) is 9.18 Å². The van der Waals surface area contributed by atoms with Crippen molar-refractivity contribution in [2.24, 2.45) is 7.05 Å². The van der Waals surface area contributed by atoms with Crippen molar-refractivity contribution < 1.29 is 31.8 Å². The second kappa shape index (κ2) is 9.01. The molecule has 31 heavy (non-hydrogen) atoms. The van der Waals surface area contributed by atoms with E-state index in [0.717, 1.165) is 10.5 Å². The van der Waals surface area contributed by atoms with Gasteiger partial charge in [0.25, 0.3) is 0 Å². The van der Waals surface area contributed by atoms with Crippen LogP contribution in [0.5, 0.6) is 5.75 Å². The monoisotopic (exact) mass is 500 g/mol. The number of nitrogens with zero attached hydrogens (tertiary/aromatic N) is 1. The second-order valence-electron chi connectivity index (χ2n) is 6.58. The van der Waals surface area contributed by atoms with Crippen molar-refractivity contribution in [3.8, 4) is 16.9 Å². The van der Waals surface area contributed by atoms with Crippen LogP contribution in [-0.2, 0) is 11.8 Å². The summed E-state index contributed by atoms with van der Waals surface area (Å²) in [6.45, 7) is 1.40. The molecule has 0 saturated heterocycles. The second-order valence-corrected chi connectivity index (χ2v) is 7.49. The number of para-hydroxylation sites is 1. The van der Waals surface area contributed by atoms with E-state index in [1.807, 2.05) is 0 Å². The zero-order valence-corrected chi connectivity index (χ0v) is 17.9. The summed E-state index contributed by atoms with van der Waals surface area (Å²) in [7, 11) is 1.54. The Balaban J connectivity index is 1.80. The number of amides is 1. The van der Waals surface area contributed by atoms with Gasteiger partial charge in [-0.2, -0.15) is 0 Å². The molecule has 2 aromatic carbocycles. The van der Waals surface area contributed by atoms with Gasteiger partial charge in [-0.05, 0) is 30.7 Å². The smallest absolute Gasteiger partial charge is 0.441 e. The molecule has 10 heteroatoms. The fraction of sp³-hybridized carbons (Fsp3) is 0.190. The Morgan fingerprint density at radius 2 is 1.77 bits per heavy atom. The van der Waals surface area contributed by atoms with Crippen LogP contribution in [0.15, 0.2) is 59.2 Å². The Labute approximate surface area is 183 Å². The lowest BCUT2D eigenvalue weighted by Crippen LogP contribution is -2.21. The molecular weight excluding hydrogens is 484 g/mol. The van der Waals surface area contributed by atoms with Gasteiger partial charge in [-0.3, -0.25) is 5.32 Å². The SMILES string of the molecule is CC(OC(=O)Nc1c(-c2ccc(Br)cc2)c(F)cn1C)c1ccccc1OC(F)(F)F. The van der Waals surface area contributed by atoms with E-state index in [-0.39, 0.29) is 16.9 Å². The molecule has 0 saturated carbocycles. The standard InChI is InChI=1S/C21H17BrF4N2O3/c1-12(15-5-3-4-6-17(15)31-21(24,25)26)30-20(29)27-19-18(16(23)11-28(19)2)13-7-9-14(22)10-8-13/h3-12H,1-2H3,(H,27,29). The highest BCUT2D eigenvalue weighted by molar-refractivity contribution is 9.10. The molecule has 5 nitrogen and oxygen atoms in total. The summed E-state index contributed by atoms with van der Waals surface area (Å²) in [5.74, 6) is -0.898. The van der Waals surface area contributed by atoms with Crippen LogP contribution in [0, 0.1) is 5.82 Å². The number of aryl methyl sites for hydroxylation is 1. The maximum absolute atomic E-state index is 14.5. The van der Waals surface area contributed by atoms with Crippen molar-refractivity contribution in [1.29, 1.82) is 0 Å².